The Kier molecular flexibility index (Phi) is 26.5. The number of ketones is 1. The highest BCUT2D eigenvalue weighted by Gasteiger charge is 2.46. The minimum Gasteiger partial charge on any atom is -0.412 e. The summed E-state index contributed by atoms with van der Waals surface area (Å²) >= 11 is 0. The molecular weight excluding hydrogens is 544 g/mol. The Morgan fingerprint density at radius 2 is 1.07 bits per heavy atom. The van der Waals surface area contributed by atoms with E-state index in [9.17, 15) is 4.79 Å². The number of ether oxygens (including phenoxy) is 4. The van der Waals surface area contributed by atoms with Crippen LogP contribution in [0.3, 0.4) is 0 Å². The summed E-state index contributed by atoms with van der Waals surface area (Å²) in [5, 5.41) is 33.2. The van der Waals surface area contributed by atoms with Gasteiger partial charge in [0.25, 0.3) is 0 Å². The molecular formula is C32H67O10+. The molecule has 0 bridgehead atoms. The maximum absolute atomic E-state index is 10.4. The lowest BCUT2D eigenvalue weighted by molar-refractivity contribution is -0.192. The van der Waals surface area contributed by atoms with Gasteiger partial charge in [0.2, 0.25) is 0 Å². The molecule has 2 aliphatic heterocycles. The number of aliphatic hydroxyl groups is 4. The first-order valence-electron chi connectivity index (χ1n) is 16.2. The Hall–Kier alpha value is -0.690. The molecule has 6 N–H and O–H groups in total. The lowest BCUT2D eigenvalue weighted by atomic mass is 10.1. The second-order valence-electron chi connectivity index (χ2n) is 11.8. The van der Waals surface area contributed by atoms with Crippen molar-refractivity contribution in [3.63, 3.8) is 0 Å². The lowest BCUT2D eigenvalue weighted by Gasteiger charge is -2.26. The molecule has 254 valence electrons. The third kappa shape index (κ3) is 20.3. The summed E-state index contributed by atoms with van der Waals surface area (Å²) in [6.45, 7) is 12.6. The van der Waals surface area contributed by atoms with Crippen molar-refractivity contribution in [2.24, 2.45) is 0 Å². The number of hydrogen-bond donors (Lipinski definition) is 4. The zero-order chi connectivity index (χ0) is 31.2. The second-order valence-corrected chi connectivity index (χ2v) is 11.8. The fraction of sp³-hybridized carbons (Fsp3) is 0.969. The normalized spacial score (nSPS) is 26.3. The van der Waals surface area contributed by atoms with Gasteiger partial charge in [-0.1, -0.05) is 78.6 Å². The van der Waals surface area contributed by atoms with Crippen LogP contribution in [0.1, 0.15) is 139 Å². The monoisotopic (exact) mass is 611 g/mol. The van der Waals surface area contributed by atoms with Crippen molar-refractivity contribution in [3.8, 4) is 0 Å². The molecule has 0 aromatic carbocycles. The smallest absolute Gasteiger partial charge is 0.412 e. The van der Waals surface area contributed by atoms with Gasteiger partial charge in [-0.05, 0) is 40.0 Å². The van der Waals surface area contributed by atoms with Gasteiger partial charge in [-0.25, -0.2) is 0 Å². The van der Waals surface area contributed by atoms with Crippen LogP contribution in [0, 0.1) is 0 Å². The van der Waals surface area contributed by atoms with E-state index in [4.69, 9.17) is 39.4 Å². The number of rotatable bonds is 19. The average Bonchev–Trinajstić information content (AvgIpc) is 3.54. The van der Waals surface area contributed by atoms with Gasteiger partial charge in [0.05, 0.1) is 26.4 Å². The first kappa shape index (κ1) is 43.4. The molecule has 0 aromatic rings. The first-order valence-corrected chi connectivity index (χ1v) is 16.2. The van der Waals surface area contributed by atoms with Gasteiger partial charge in [0.1, 0.15) is 30.2 Å². The van der Waals surface area contributed by atoms with Gasteiger partial charge in [0, 0.05) is 19.3 Å². The van der Waals surface area contributed by atoms with E-state index in [1.54, 1.807) is 6.92 Å². The van der Waals surface area contributed by atoms with Gasteiger partial charge in [-0.15, -0.1) is 0 Å². The number of carbonyl (C=O) groups is 1. The Morgan fingerprint density at radius 3 is 1.38 bits per heavy atom. The fourth-order valence-corrected chi connectivity index (χ4v) is 4.71. The van der Waals surface area contributed by atoms with Crippen LogP contribution in [0.2, 0.25) is 0 Å². The molecule has 0 aliphatic carbocycles. The zero-order valence-corrected chi connectivity index (χ0v) is 27.6. The maximum Gasteiger partial charge on any atom is 1.00 e. The highest BCUT2D eigenvalue weighted by Crippen LogP contribution is 2.36. The van der Waals surface area contributed by atoms with Crippen molar-refractivity contribution in [3.05, 3.63) is 0 Å². The number of hydrogen-bond acceptors (Lipinski definition) is 9. The predicted molar refractivity (Wildman–Crippen MR) is 166 cm³/mol. The van der Waals surface area contributed by atoms with Gasteiger partial charge >= 0.3 is 1.43 Å². The highest BCUT2D eigenvalue weighted by atomic mass is 16.8. The summed E-state index contributed by atoms with van der Waals surface area (Å²) in [5.74, 6) is -0.560. The summed E-state index contributed by atoms with van der Waals surface area (Å²) in [4.78, 5) is 10.4. The third-order valence-corrected chi connectivity index (χ3v) is 7.49. The zero-order valence-electron chi connectivity index (χ0n) is 28.6. The molecule has 0 radical (unpaired) electrons. The fourth-order valence-electron chi connectivity index (χ4n) is 4.71. The molecule has 0 spiro atoms. The Bertz CT molecular complexity index is 601. The van der Waals surface area contributed by atoms with Gasteiger partial charge in [-0.2, -0.15) is 0 Å². The van der Waals surface area contributed by atoms with Crippen molar-refractivity contribution < 1.29 is 51.1 Å². The third-order valence-electron chi connectivity index (χ3n) is 7.49. The maximum atomic E-state index is 10.4. The van der Waals surface area contributed by atoms with Gasteiger partial charge in [0.15, 0.2) is 11.6 Å². The Labute approximate surface area is 257 Å². The van der Waals surface area contributed by atoms with Crippen LogP contribution in [0.5, 0.6) is 0 Å². The average molecular weight is 612 g/mol. The molecule has 4 unspecified atom stereocenters. The molecule has 6 atom stereocenters. The van der Waals surface area contributed by atoms with Gasteiger partial charge in [-0.3, -0.25) is 0 Å². The molecule has 10 heteroatoms. The van der Waals surface area contributed by atoms with E-state index >= 15 is 0 Å². The largest absolute Gasteiger partial charge is 1.00 e. The van der Waals surface area contributed by atoms with Crippen LogP contribution in [-0.4, -0.2) is 94.1 Å². The molecule has 0 aromatic heterocycles. The summed E-state index contributed by atoms with van der Waals surface area (Å²) in [6, 6.07) is 0. The molecule has 2 saturated heterocycles. The van der Waals surface area contributed by atoms with Crippen LogP contribution >= 0.6 is 0 Å². The SMILES string of the molecule is CCCCCCC(C)=O.CCCCCCC1(C)OCC(C2COC(C)(CCCCCC)O2)O1.O.OC[C@@H](O)[C@@H](O)CO.[H+]. The van der Waals surface area contributed by atoms with E-state index in [1.807, 2.05) is 0 Å². The van der Waals surface area contributed by atoms with Gasteiger partial charge < -0.3 is 49.6 Å². The standard InChI is InChI=1S/C20H38O4.C8H16O.C4H10O4.H2O/c1-5-7-9-11-13-19(3)21-15-17(23-19)18-16-22-20(4,24-18)14-12-10-8-6-2;1-3-4-5-6-7-8(2)9;5-1-3(7)4(8)2-6;/h17-18H,5-16H2,1-4H3;3-7H2,1-2H3;3-8H,1-2H2;1H2/p+1/t;;3-,4+;. The Morgan fingerprint density at radius 1 is 0.714 bits per heavy atom. The lowest BCUT2D eigenvalue weighted by Crippen LogP contribution is -2.35. The quantitative estimate of drug-likeness (QED) is 0.151. The topological polar surface area (TPSA) is 166 Å². The molecule has 42 heavy (non-hydrogen) atoms. The van der Waals surface area contributed by atoms with E-state index in [1.165, 1.54) is 57.8 Å². The van der Waals surface area contributed by atoms with E-state index in [2.05, 4.69) is 34.6 Å². The van der Waals surface area contributed by atoms with E-state index < -0.39 is 37.0 Å². The number of Topliss-reactive ketones (excluding diaryl/α,β-unsaturated/α-hetero) is 1. The van der Waals surface area contributed by atoms with E-state index in [0.717, 1.165) is 38.5 Å². The summed E-state index contributed by atoms with van der Waals surface area (Å²) in [7, 11) is 0. The molecule has 2 rings (SSSR count). The molecule has 10 nitrogen and oxygen atoms in total. The summed E-state index contributed by atoms with van der Waals surface area (Å²) in [6.07, 6.45) is 15.0. The van der Waals surface area contributed by atoms with Crippen molar-refractivity contribution >= 4 is 5.78 Å². The number of carbonyl (C=O) groups excluding carboxylic acids is 1. The van der Waals surface area contributed by atoms with Crippen molar-refractivity contribution in [1.29, 1.82) is 0 Å². The minimum atomic E-state index is -1.22. The second kappa shape index (κ2) is 25.6. The number of aliphatic hydroxyl groups excluding tert-OH is 4. The molecule has 2 aliphatic rings. The highest BCUT2D eigenvalue weighted by molar-refractivity contribution is 5.75. The van der Waals surface area contributed by atoms with Crippen LogP contribution in [0.4, 0.5) is 0 Å². The molecule has 2 heterocycles. The molecule has 0 saturated carbocycles. The summed E-state index contributed by atoms with van der Waals surface area (Å²) < 4.78 is 24.4. The van der Waals surface area contributed by atoms with Crippen LogP contribution < -0.4 is 0 Å². The number of unbranched alkanes of at least 4 members (excludes halogenated alkanes) is 9. The minimum absolute atomic E-state index is 0. The summed E-state index contributed by atoms with van der Waals surface area (Å²) in [5.41, 5.74) is 0. The van der Waals surface area contributed by atoms with Crippen LogP contribution in [0.15, 0.2) is 0 Å². The van der Waals surface area contributed by atoms with Crippen molar-refractivity contribution in [2.45, 2.75) is 174 Å². The van der Waals surface area contributed by atoms with Crippen molar-refractivity contribution in [1.82, 2.24) is 0 Å². The van der Waals surface area contributed by atoms with E-state index in [-0.39, 0.29) is 19.1 Å². The van der Waals surface area contributed by atoms with Crippen molar-refractivity contribution in [2.75, 3.05) is 26.4 Å². The Balaban J connectivity index is -0.000000700. The molecule has 2 fully saturated rings. The van der Waals surface area contributed by atoms with Crippen LogP contribution in [0.25, 0.3) is 0 Å². The van der Waals surface area contributed by atoms with E-state index in [0.29, 0.717) is 19.0 Å². The molecule has 0 amide bonds. The predicted octanol–water partition coefficient (Wildman–Crippen LogP) is 4.72. The van der Waals surface area contributed by atoms with Crippen LogP contribution in [-0.2, 0) is 23.7 Å². The first-order chi connectivity index (χ1) is 19.5.